The van der Waals surface area contributed by atoms with Crippen LogP contribution in [-0.2, 0) is 18.4 Å². The number of aliphatic hydroxyl groups excluding tert-OH is 2. The second kappa shape index (κ2) is 47.6. The number of unbranched alkanes of at least 4 members (excludes halogenated alkanes) is 23. The third-order valence-electron chi connectivity index (χ3n) is 12.0. The lowest BCUT2D eigenvalue weighted by Crippen LogP contribution is -2.51. The lowest BCUT2D eigenvalue weighted by molar-refractivity contribution is -0.870. The van der Waals surface area contributed by atoms with Crippen molar-refractivity contribution in [1.29, 1.82) is 0 Å². The van der Waals surface area contributed by atoms with E-state index in [1.54, 1.807) is 0 Å². The highest BCUT2D eigenvalue weighted by atomic mass is 31.2. The molecular formula is C57H106N2O7P+. The number of nitrogens with zero attached hydrogens (tertiary/aromatic N) is 1. The predicted molar refractivity (Wildman–Crippen MR) is 287 cm³/mol. The Kier molecular flexibility index (Phi) is 46.1. The molecule has 67 heavy (non-hydrogen) atoms. The highest BCUT2D eigenvalue weighted by molar-refractivity contribution is 7.47. The van der Waals surface area contributed by atoms with Gasteiger partial charge in [0, 0.05) is 6.42 Å². The second-order valence-electron chi connectivity index (χ2n) is 19.7. The average Bonchev–Trinajstić information content (AvgIpc) is 3.29. The summed E-state index contributed by atoms with van der Waals surface area (Å²) in [5.74, 6) is -0.270. The van der Waals surface area contributed by atoms with Gasteiger partial charge in [-0.25, -0.2) is 4.57 Å². The van der Waals surface area contributed by atoms with Gasteiger partial charge in [-0.05, 0) is 83.5 Å². The van der Waals surface area contributed by atoms with Gasteiger partial charge in [-0.3, -0.25) is 13.8 Å². The molecule has 0 heterocycles. The average molecular weight is 962 g/mol. The van der Waals surface area contributed by atoms with Gasteiger partial charge in [0.05, 0.1) is 39.9 Å². The van der Waals surface area contributed by atoms with Crippen LogP contribution >= 0.6 is 7.82 Å². The molecule has 0 aliphatic heterocycles. The van der Waals surface area contributed by atoms with Crippen molar-refractivity contribution < 1.29 is 38.0 Å². The molecule has 4 atom stereocenters. The molecule has 1 amide bonds. The summed E-state index contributed by atoms with van der Waals surface area (Å²) < 4.78 is 23.6. The summed E-state index contributed by atoms with van der Waals surface area (Å²) in [7, 11) is 1.41. The summed E-state index contributed by atoms with van der Waals surface area (Å²) in [6.45, 7) is 4.46. The zero-order valence-electron chi connectivity index (χ0n) is 44.0. The summed E-state index contributed by atoms with van der Waals surface area (Å²) in [6.07, 6.45) is 61.3. The van der Waals surface area contributed by atoms with E-state index >= 15 is 0 Å². The van der Waals surface area contributed by atoms with Crippen LogP contribution in [-0.4, -0.2) is 84.6 Å². The molecule has 0 aromatic carbocycles. The fourth-order valence-corrected chi connectivity index (χ4v) is 8.44. The van der Waals surface area contributed by atoms with Crippen molar-refractivity contribution in [3.05, 3.63) is 72.9 Å². The number of hydrogen-bond acceptors (Lipinski definition) is 6. The summed E-state index contributed by atoms with van der Waals surface area (Å²) in [5.41, 5.74) is 0. The van der Waals surface area contributed by atoms with Gasteiger partial charge >= 0.3 is 7.82 Å². The number of phosphoric ester groups is 1. The van der Waals surface area contributed by atoms with Crippen molar-refractivity contribution in [2.45, 2.75) is 244 Å². The Labute approximate surface area is 413 Å². The number of amides is 1. The lowest BCUT2D eigenvalue weighted by Gasteiger charge is -2.28. The number of quaternary nitrogens is 1. The van der Waals surface area contributed by atoms with E-state index in [9.17, 15) is 24.5 Å². The van der Waals surface area contributed by atoms with Gasteiger partial charge < -0.3 is 24.9 Å². The summed E-state index contributed by atoms with van der Waals surface area (Å²) in [5, 5.41) is 24.7. The minimum atomic E-state index is -4.43. The molecule has 0 fully saturated rings. The number of aliphatic hydroxyl groups is 2. The molecule has 4 unspecified atom stereocenters. The summed E-state index contributed by atoms with van der Waals surface area (Å²) >= 11 is 0. The molecule has 4 N–H and O–H groups in total. The Hall–Kier alpha value is -2.10. The standard InChI is InChI=1S/C57H105N2O7P/c1-6-8-10-12-14-16-18-20-21-22-23-24-25-26-27-28-29-30-31-32-33-34-35-36-37-38-40-42-44-46-48-50-56(61)58-54(53-66-67(63,64)65-52-51-59(3,4)5)57(62)55(60)49-47-45-43-41-39-19-17-15-13-11-9-7-2/h8,10,14,16,20-21,23-24,26-27,41,43,54-55,57,60,62H,6-7,9,11-13,15,17-19,22,25,28-40,42,44-53H2,1-5H3,(H-,58,61,63,64)/p+1/b10-8-,16-14-,21-20-,24-23-,27-26-,43-41+. The topological polar surface area (TPSA) is 125 Å². The third-order valence-corrected chi connectivity index (χ3v) is 13.0. The molecule has 0 saturated carbocycles. The number of rotatable bonds is 49. The Balaban J connectivity index is 4.18. The van der Waals surface area contributed by atoms with Crippen LogP contribution in [0, 0.1) is 0 Å². The van der Waals surface area contributed by atoms with Gasteiger partial charge in [0.25, 0.3) is 0 Å². The quantitative estimate of drug-likeness (QED) is 0.0207. The molecule has 0 radical (unpaired) electrons. The fraction of sp³-hybridized carbons (Fsp3) is 0.772. The minimum absolute atomic E-state index is 0.0145. The van der Waals surface area contributed by atoms with Crippen LogP contribution in [0.5, 0.6) is 0 Å². The van der Waals surface area contributed by atoms with E-state index < -0.39 is 32.7 Å². The molecule has 0 saturated heterocycles. The van der Waals surface area contributed by atoms with Gasteiger partial charge in [-0.15, -0.1) is 0 Å². The SMILES string of the molecule is CC/C=C\C/C=C\C/C=C\C/C=C\C/C=C\CCCCCCCCCCCCCCCCCC(=O)NC(COP(=O)(O)OCC[N+](C)(C)C)C(O)C(O)CCC/C=C/CCCCCCCCC. The zero-order valence-corrected chi connectivity index (χ0v) is 44.9. The van der Waals surface area contributed by atoms with Crippen molar-refractivity contribution in [1.82, 2.24) is 5.32 Å². The maximum absolute atomic E-state index is 13.0. The van der Waals surface area contributed by atoms with E-state index in [0.717, 1.165) is 70.6 Å². The van der Waals surface area contributed by atoms with Crippen molar-refractivity contribution in [3.8, 4) is 0 Å². The van der Waals surface area contributed by atoms with Crippen LogP contribution in [0.4, 0.5) is 0 Å². The first-order valence-electron chi connectivity index (χ1n) is 27.4. The molecule has 0 rings (SSSR count). The monoisotopic (exact) mass is 962 g/mol. The van der Waals surface area contributed by atoms with E-state index in [-0.39, 0.29) is 18.9 Å². The summed E-state index contributed by atoms with van der Waals surface area (Å²) in [6, 6.07) is -1.05. The van der Waals surface area contributed by atoms with Crippen LogP contribution < -0.4 is 5.32 Å². The number of likely N-dealkylation sites (N-methyl/N-ethyl adjacent to an activating group) is 1. The number of allylic oxidation sites excluding steroid dienone is 12. The molecule has 0 aliphatic carbocycles. The number of carbonyl (C=O) groups is 1. The Morgan fingerprint density at radius 1 is 0.537 bits per heavy atom. The molecule has 0 aromatic rings. The molecule has 10 heteroatoms. The van der Waals surface area contributed by atoms with Crippen LogP contribution in [0.3, 0.4) is 0 Å². The Morgan fingerprint density at radius 2 is 0.925 bits per heavy atom. The number of phosphoric acid groups is 1. The van der Waals surface area contributed by atoms with E-state index in [2.05, 4.69) is 92.1 Å². The zero-order chi connectivity index (χ0) is 49.4. The second-order valence-corrected chi connectivity index (χ2v) is 21.2. The molecule has 0 aliphatic rings. The first-order chi connectivity index (χ1) is 32.4. The molecule has 9 nitrogen and oxygen atoms in total. The van der Waals surface area contributed by atoms with E-state index in [4.69, 9.17) is 9.05 Å². The fourth-order valence-electron chi connectivity index (χ4n) is 7.70. The number of carbonyl (C=O) groups excluding carboxylic acids is 1. The van der Waals surface area contributed by atoms with E-state index in [1.807, 2.05) is 21.1 Å². The number of nitrogens with one attached hydrogen (secondary N) is 1. The lowest BCUT2D eigenvalue weighted by atomic mass is 10.0. The maximum atomic E-state index is 13.0. The third kappa shape index (κ3) is 48.7. The van der Waals surface area contributed by atoms with Crippen molar-refractivity contribution in [3.63, 3.8) is 0 Å². The first-order valence-corrected chi connectivity index (χ1v) is 28.9. The van der Waals surface area contributed by atoms with E-state index in [0.29, 0.717) is 23.9 Å². The predicted octanol–water partition coefficient (Wildman–Crippen LogP) is 15.3. The normalized spacial score (nSPS) is 15.0. The van der Waals surface area contributed by atoms with Crippen molar-refractivity contribution >= 4 is 13.7 Å². The molecular weight excluding hydrogens is 856 g/mol. The first kappa shape index (κ1) is 64.9. The van der Waals surface area contributed by atoms with Crippen molar-refractivity contribution in [2.75, 3.05) is 40.9 Å². The maximum Gasteiger partial charge on any atom is 0.472 e. The molecule has 390 valence electrons. The van der Waals surface area contributed by atoms with Crippen molar-refractivity contribution in [2.24, 2.45) is 0 Å². The largest absolute Gasteiger partial charge is 0.472 e. The van der Waals surface area contributed by atoms with E-state index in [1.165, 1.54) is 122 Å². The summed E-state index contributed by atoms with van der Waals surface area (Å²) in [4.78, 5) is 23.3. The molecule has 0 aromatic heterocycles. The van der Waals surface area contributed by atoms with Gasteiger partial charge in [-0.2, -0.15) is 0 Å². The van der Waals surface area contributed by atoms with Gasteiger partial charge in [0.1, 0.15) is 19.3 Å². The van der Waals surface area contributed by atoms with Gasteiger partial charge in [-0.1, -0.05) is 209 Å². The Morgan fingerprint density at radius 3 is 1.37 bits per heavy atom. The Bertz CT molecular complexity index is 1340. The molecule has 0 bridgehead atoms. The smallest absolute Gasteiger partial charge is 0.390 e. The van der Waals surface area contributed by atoms with Crippen LogP contribution in [0.2, 0.25) is 0 Å². The van der Waals surface area contributed by atoms with Crippen LogP contribution in [0.1, 0.15) is 226 Å². The minimum Gasteiger partial charge on any atom is -0.390 e. The number of hydrogen-bond donors (Lipinski definition) is 4. The van der Waals surface area contributed by atoms with Crippen LogP contribution in [0.15, 0.2) is 72.9 Å². The van der Waals surface area contributed by atoms with Gasteiger partial charge in [0.15, 0.2) is 0 Å². The highest BCUT2D eigenvalue weighted by Gasteiger charge is 2.31. The molecule has 0 spiro atoms. The van der Waals surface area contributed by atoms with Crippen LogP contribution in [0.25, 0.3) is 0 Å². The highest BCUT2D eigenvalue weighted by Crippen LogP contribution is 2.43. The van der Waals surface area contributed by atoms with Gasteiger partial charge in [0.2, 0.25) is 5.91 Å².